The molecule has 13 heteroatoms. The number of hydrogen-bond donors (Lipinski definition) is 0. The number of allylic oxidation sites excluding steroid dienone is 2. The maximum atomic E-state index is 13.2. The Hall–Kier alpha value is -3.30. The fourth-order valence-corrected chi connectivity index (χ4v) is 10.7. The molecule has 0 saturated carbocycles. The molecule has 0 aliphatic carbocycles. The summed E-state index contributed by atoms with van der Waals surface area (Å²) in [6.45, 7) is 10.0. The maximum absolute atomic E-state index is 13.2. The molecule has 9 nitrogen and oxygen atoms in total. The monoisotopic (exact) mass is 752 g/mol. The lowest BCUT2D eigenvalue weighted by molar-refractivity contribution is -1.08. The highest BCUT2D eigenvalue weighted by Gasteiger charge is 2.32. The van der Waals surface area contributed by atoms with E-state index in [2.05, 4.69) is 41.0 Å². The zero-order valence-electron chi connectivity index (χ0n) is 28.7. The van der Waals surface area contributed by atoms with Crippen LogP contribution in [0, 0.1) is 0 Å². The summed E-state index contributed by atoms with van der Waals surface area (Å²) in [5, 5.41) is 6.01. The number of fused-ring (bicyclic) bond motifs is 6. The standard InChI is InChI=1S/C37H42N3O6S4/c1-5-40(6-2,7-3)46-50(44,45)23-12-21-38-34(47-32-19-17-28-13-8-10-15-30(28)36(32)38)25-27(4)26-35-39(22-24-49(41,42)43)37-31-16-11-9-14-29(31)18-20-33(37)48-35/h8-11,13-20,25-26H,5-7,12,21-24H2,1-4H3/q+1. The molecule has 1 aliphatic rings. The molecule has 0 bridgehead atoms. The second kappa shape index (κ2) is 14.7. The molecular weight excluding hydrogens is 711 g/mol. The highest BCUT2D eigenvalue weighted by atomic mass is 32.2. The van der Waals surface area contributed by atoms with E-state index in [1.54, 1.807) is 23.1 Å². The van der Waals surface area contributed by atoms with E-state index in [1.807, 2.05) is 81.1 Å². The van der Waals surface area contributed by atoms with Gasteiger partial charge in [0.15, 0.2) is 6.54 Å². The first-order valence-corrected chi connectivity index (χ1v) is 21.6. The van der Waals surface area contributed by atoms with Crippen LogP contribution in [0.5, 0.6) is 0 Å². The molecule has 0 spiro atoms. The highest BCUT2D eigenvalue weighted by molar-refractivity contribution is 8.03. The van der Waals surface area contributed by atoms with E-state index in [1.165, 1.54) is 0 Å². The second-order valence-electron chi connectivity index (χ2n) is 12.4. The first-order chi connectivity index (χ1) is 23.9. The van der Waals surface area contributed by atoms with Gasteiger partial charge in [-0.25, -0.2) is 8.42 Å². The smallest absolute Gasteiger partial charge is 0.314 e. The van der Waals surface area contributed by atoms with E-state index >= 15 is 0 Å². The van der Waals surface area contributed by atoms with Gasteiger partial charge < -0.3 is 9.45 Å². The number of thioether (sulfide) groups is 1. The summed E-state index contributed by atoms with van der Waals surface area (Å²) < 4.78 is 70.7. The van der Waals surface area contributed by atoms with Crippen LogP contribution in [0.25, 0.3) is 37.8 Å². The fourth-order valence-electron chi connectivity index (χ4n) is 6.55. The second-order valence-corrected chi connectivity index (χ2v) is 17.8. The average molecular weight is 753 g/mol. The predicted octanol–water partition coefficient (Wildman–Crippen LogP) is 7.43. The van der Waals surface area contributed by atoms with E-state index < -0.39 is 26.0 Å². The summed E-state index contributed by atoms with van der Waals surface area (Å²) in [4.78, 5) is 2.93. The molecule has 264 valence electrons. The van der Waals surface area contributed by atoms with Gasteiger partial charge in [-0.3, -0.25) is 0 Å². The Morgan fingerprint density at radius 1 is 0.880 bits per heavy atom. The molecule has 1 aromatic heterocycles. The van der Waals surface area contributed by atoms with Crippen molar-refractivity contribution < 1.29 is 34.9 Å². The van der Waals surface area contributed by atoms with E-state index in [9.17, 15) is 21.4 Å². The van der Waals surface area contributed by atoms with Crippen LogP contribution in [0.2, 0.25) is 0 Å². The van der Waals surface area contributed by atoms with Crippen LogP contribution < -0.4 is 9.47 Å². The molecule has 0 fully saturated rings. The van der Waals surface area contributed by atoms with Crippen LogP contribution in [-0.2, 0) is 31.1 Å². The average Bonchev–Trinajstić information content (AvgIpc) is 3.63. The molecule has 50 heavy (non-hydrogen) atoms. The molecule has 5 aromatic rings. The summed E-state index contributed by atoms with van der Waals surface area (Å²) >= 11 is 3.19. The van der Waals surface area contributed by atoms with E-state index in [0.717, 1.165) is 58.0 Å². The number of aryl methyl sites for hydroxylation is 1. The minimum absolute atomic E-state index is 0.0401. The lowest BCUT2D eigenvalue weighted by atomic mass is 10.1. The molecule has 0 radical (unpaired) electrons. The maximum Gasteiger partial charge on any atom is 0.314 e. The lowest BCUT2D eigenvalue weighted by Gasteiger charge is -2.30. The van der Waals surface area contributed by atoms with Crippen molar-refractivity contribution in [3.05, 3.63) is 94.5 Å². The van der Waals surface area contributed by atoms with Gasteiger partial charge in [0.1, 0.15) is 24.3 Å². The summed E-state index contributed by atoms with van der Waals surface area (Å²) in [5.74, 6) is -0.615. The molecule has 6 rings (SSSR count). The number of rotatable bonds is 14. The summed E-state index contributed by atoms with van der Waals surface area (Å²) in [6.07, 6.45) is 4.49. The van der Waals surface area contributed by atoms with Crippen molar-refractivity contribution in [3.63, 3.8) is 0 Å². The Kier molecular flexibility index (Phi) is 10.8. The van der Waals surface area contributed by atoms with Crippen LogP contribution >= 0.6 is 23.1 Å². The molecule has 0 unspecified atom stereocenters. The van der Waals surface area contributed by atoms with Gasteiger partial charge in [0, 0.05) is 29.3 Å². The van der Waals surface area contributed by atoms with Crippen LogP contribution in [0.4, 0.5) is 5.69 Å². The zero-order chi connectivity index (χ0) is 35.7. The van der Waals surface area contributed by atoms with Gasteiger partial charge in [-0.05, 0) is 68.3 Å². The van der Waals surface area contributed by atoms with Gasteiger partial charge in [-0.2, -0.15) is 17.6 Å². The van der Waals surface area contributed by atoms with Gasteiger partial charge in [0.25, 0.3) is 5.01 Å². The molecule has 1 aliphatic heterocycles. The third-order valence-corrected chi connectivity index (χ3v) is 13.5. The van der Waals surface area contributed by atoms with E-state index in [0.29, 0.717) is 32.6 Å². The first-order valence-electron chi connectivity index (χ1n) is 16.8. The zero-order valence-corrected chi connectivity index (χ0v) is 31.9. The number of thiazole rings is 1. The molecule has 0 N–H and O–H groups in total. The van der Waals surface area contributed by atoms with Gasteiger partial charge >= 0.3 is 10.1 Å². The van der Waals surface area contributed by atoms with E-state index in [4.69, 9.17) is 4.28 Å². The van der Waals surface area contributed by atoms with Gasteiger partial charge in [0.2, 0.25) is 5.52 Å². The highest BCUT2D eigenvalue weighted by Crippen LogP contribution is 2.49. The number of hydrogen-bond acceptors (Lipinski definition) is 9. The van der Waals surface area contributed by atoms with Gasteiger partial charge in [0.05, 0.1) is 37.7 Å². The molecule has 2 heterocycles. The Labute approximate surface area is 302 Å². The third kappa shape index (κ3) is 7.79. The molecule has 0 amide bonds. The number of hydroxylamine groups is 3. The van der Waals surface area contributed by atoms with Crippen LogP contribution in [0.1, 0.15) is 39.1 Å². The number of benzene rings is 4. The minimum atomic E-state index is -4.44. The summed E-state index contributed by atoms with van der Waals surface area (Å²) in [6, 6.07) is 24.5. The number of anilines is 1. The molecule has 4 aromatic carbocycles. The topological polar surface area (TPSA) is 108 Å². The van der Waals surface area contributed by atoms with Crippen molar-refractivity contribution >= 4 is 86.9 Å². The Morgan fingerprint density at radius 2 is 1.52 bits per heavy atom. The lowest BCUT2D eigenvalue weighted by Crippen LogP contribution is -2.49. The van der Waals surface area contributed by atoms with Gasteiger partial charge in [-0.15, -0.1) is 0 Å². The Bertz CT molecular complexity index is 2340. The van der Waals surface area contributed by atoms with Crippen molar-refractivity contribution in [2.24, 2.45) is 0 Å². The Balaban J connectivity index is 1.37. The van der Waals surface area contributed by atoms with Gasteiger partial charge in [-0.1, -0.05) is 82.0 Å². The molecule has 0 saturated heterocycles. The third-order valence-electron chi connectivity index (χ3n) is 9.27. The predicted molar refractivity (Wildman–Crippen MR) is 204 cm³/mol. The largest absolute Gasteiger partial charge is 0.748 e. The van der Waals surface area contributed by atoms with Crippen LogP contribution in [0.3, 0.4) is 0 Å². The number of quaternary nitrogens is 1. The van der Waals surface area contributed by atoms with Crippen molar-refractivity contribution in [3.8, 4) is 0 Å². The quantitative estimate of drug-likeness (QED) is 0.0499. The normalized spacial score (nSPS) is 15.2. The fraction of sp³-hybridized carbons (Fsp3) is 0.324. The Morgan fingerprint density at radius 3 is 2.20 bits per heavy atom. The van der Waals surface area contributed by atoms with Crippen molar-refractivity contribution in [2.45, 2.75) is 45.6 Å². The van der Waals surface area contributed by atoms with Crippen molar-refractivity contribution in [1.82, 2.24) is 0 Å². The van der Waals surface area contributed by atoms with Crippen molar-refractivity contribution in [2.75, 3.05) is 42.6 Å². The minimum Gasteiger partial charge on any atom is -0.748 e. The number of aromatic nitrogens is 1. The van der Waals surface area contributed by atoms with Crippen molar-refractivity contribution in [1.29, 1.82) is 0 Å². The molecule has 0 atom stereocenters. The number of nitrogens with zero attached hydrogens (tertiary/aromatic N) is 3. The summed E-state index contributed by atoms with van der Waals surface area (Å²) in [5.41, 5.74) is 2.88. The first kappa shape index (κ1) is 36.5. The van der Waals surface area contributed by atoms with Crippen LogP contribution in [0.15, 0.2) is 94.4 Å². The van der Waals surface area contributed by atoms with E-state index in [-0.39, 0.29) is 16.9 Å². The SMILES string of the molecule is CC[N+](CC)(CC)OS(=O)(=O)CCC[n+]1c(/C=C(C)/C=C2\Sc3ccc4ccccc4c3N2CCS(=O)(=O)[O-])sc2ccc3ccccc3c21. The summed E-state index contributed by atoms with van der Waals surface area (Å²) in [7, 11) is -8.21. The molecular formula is C37H42N3O6S4+. The van der Waals surface area contributed by atoms with Crippen LogP contribution in [-0.4, -0.2) is 63.7 Å².